The van der Waals surface area contributed by atoms with E-state index in [0.29, 0.717) is 24.4 Å². The molecule has 0 aliphatic heterocycles. The van der Waals surface area contributed by atoms with E-state index in [2.05, 4.69) is 30.9 Å². The van der Waals surface area contributed by atoms with Gasteiger partial charge in [0.15, 0.2) is 5.82 Å². The number of rotatable bonds is 5. The van der Waals surface area contributed by atoms with E-state index in [1.807, 2.05) is 26.0 Å². The fourth-order valence-electron chi connectivity index (χ4n) is 2.18. The highest BCUT2D eigenvalue weighted by Crippen LogP contribution is 2.25. The molecular weight excluding hydrogens is 334 g/mol. The second-order valence-electron chi connectivity index (χ2n) is 4.53. The van der Waals surface area contributed by atoms with Crippen molar-refractivity contribution in [3.05, 3.63) is 39.8 Å². The lowest BCUT2D eigenvalue weighted by Crippen LogP contribution is -2.12. The zero-order valence-corrected chi connectivity index (χ0v) is 13.5. The summed E-state index contributed by atoms with van der Waals surface area (Å²) in [5.41, 5.74) is 2.95. The Morgan fingerprint density at radius 2 is 1.86 bits per heavy atom. The van der Waals surface area contributed by atoms with Crippen LogP contribution in [0.25, 0.3) is 11.5 Å². The van der Waals surface area contributed by atoms with Crippen LogP contribution in [-0.2, 0) is 24.1 Å². The van der Waals surface area contributed by atoms with Crippen LogP contribution in [0.2, 0.25) is 0 Å². The first-order valence-corrected chi connectivity index (χ1v) is 7.57. The van der Waals surface area contributed by atoms with Crippen LogP contribution in [0.5, 0.6) is 0 Å². The second-order valence-corrected chi connectivity index (χ2v) is 5.38. The summed E-state index contributed by atoms with van der Waals surface area (Å²) in [6.07, 6.45) is 2.97. The molecule has 1 N–H and O–H groups in total. The van der Waals surface area contributed by atoms with Gasteiger partial charge in [0, 0.05) is 27.6 Å². The highest BCUT2D eigenvalue weighted by molar-refractivity contribution is 9.10. The van der Waals surface area contributed by atoms with Gasteiger partial charge in [0.2, 0.25) is 0 Å². The molecule has 0 saturated carbocycles. The highest BCUT2D eigenvalue weighted by Gasteiger charge is 2.17. The number of carboxylic acid groups (broad SMARTS) is 1. The van der Waals surface area contributed by atoms with Crippen LogP contribution < -0.4 is 0 Å². The number of nitrogens with zero attached hydrogens (tertiary/aromatic N) is 3. The molecule has 0 bridgehead atoms. The molecule has 0 amide bonds. The third-order valence-corrected chi connectivity index (χ3v) is 3.79. The predicted molar refractivity (Wildman–Crippen MR) is 83.1 cm³/mol. The van der Waals surface area contributed by atoms with Crippen molar-refractivity contribution in [3.8, 4) is 11.5 Å². The first-order valence-electron chi connectivity index (χ1n) is 6.78. The van der Waals surface area contributed by atoms with E-state index in [0.717, 1.165) is 21.4 Å². The van der Waals surface area contributed by atoms with Crippen LogP contribution in [0.3, 0.4) is 0 Å². The normalized spacial score (nSPS) is 10.6. The van der Waals surface area contributed by atoms with Crippen LogP contribution in [0.15, 0.2) is 22.8 Å². The van der Waals surface area contributed by atoms with Crippen molar-refractivity contribution < 1.29 is 9.90 Å². The molecule has 5 nitrogen and oxygen atoms in total. The van der Waals surface area contributed by atoms with E-state index in [9.17, 15) is 4.79 Å². The molecule has 2 aromatic rings. The van der Waals surface area contributed by atoms with Crippen molar-refractivity contribution in [1.29, 1.82) is 0 Å². The van der Waals surface area contributed by atoms with Crippen LogP contribution in [0.4, 0.5) is 0 Å². The molecule has 0 radical (unpaired) electrons. The summed E-state index contributed by atoms with van der Waals surface area (Å²) in [5, 5.41) is 9.06. The molecule has 0 aromatic carbocycles. The lowest BCUT2D eigenvalue weighted by atomic mass is 10.0. The van der Waals surface area contributed by atoms with Crippen molar-refractivity contribution in [2.75, 3.05) is 0 Å². The summed E-state index contributed by atoms with van der Waals surface area (Å²) in [5.74, 6) is -0.333. The van der Waals surface area contributed by atoms with Crippen molar-refractivity contribution in [2.24, 2.45) is 0 Å². The quantitative estimate of drug-likeness (QED) is 0.897. The van der Waals surface area contributed by atoms with E-state index < -0.39 is 5.97 Å². The van der Waals surface area contributed by atoms with Crippen LogP contribution >= 0.6 is 15.9 Å². The highest BCUT2D eigenvalue weighted by atomic mass is 79.9. The smallest absolute Gasteiger partial charge is 0.307 e. The Hall–Kier alpha value is -1.82. The molecule has 0 unspecified atom stereocenters. The Bertz CT molecular complexity index is 649. The maximum atomic E-state index is 11.0. The number of carbonyl (C=O) groups is 1. The predicted octanol–water partition coefficient (Wildman–Crippen LogP) is 3.05. The minimum absolute atomic E-state index is 0.0456. The van der Waals surface area contributed by atoms with Gasteiger partial charge in [0.1, 0.15) is 5.69 Å². The second kappa shape index (κ2) is 6.76. The first-order chi connectivity index (χ1) is 10.1. The number of halogens is 1. The van der Waals surface area contributed by atoms with Crippen molar-refractivity contribution in [1.82, 2.24) is 15.0 Å². The van der Waals surface area contributed by atoms with Gasteiger partial charge in [-0.1, -0.05) is 13.8 Å². The van der Waals surface area contributed by atoms with E-state index in [4.69, 9.17) is 5.11 Å². The summed E-state index contributed by atoms with van der Waals surface area (Å²) in [6.45, 7) is 3.93. The molecule has 21 heavy (non-hydrogen) atoms. The van der Waals surface area contributed by atoms with Gasteiger partial charge in [-0.05, 0) is 40.9 Å². The standard InChI is InChI=1S/C15H16BrN3O2/c1-3-11-9(8-13(20)21)12(4-2)19-15(18-11)14-10(16)6-5-7-17-14/h5-7H,3-4,8H2,1-2H3,(H,20,21). The topological polar surface area (TPSA) is 76.0 Å². The Labute approximate surface area is 131 Å². The average molecular weight is 350 g/mol. The van der Waals surface area contributed by atoms with Crippen LogP contribution in [0.1, 0.15) is 30.8 Å². The molecular formula is C15H16BrN3O2. The van der Waals surface area contributed by atoms with Gasteiger partial charge < -0.3 is 5.11 Å². The Morgan fingerprint density at radius 1 is 1.24 bits per heavy atom. The van der Waals surface area contributed by atoms with E-state index >= 15 is 0 Å². The lowest BCUT2D eigenvalue weighted by Gasteiger charge is -2.12. The van der Waals surface area contributed by atoms with Gasteiger partial charge in [-0.3, -0.25) is 9.78 Å². The van der Waals surface area contributed by atoms with E-state index in [1.165, 1.54) is 0 Å². The monoisotopic (exact) mass is 349 g/mol. The first kappa shape index (κ1) is 15.6. The number of aryl methyl sites for hydroxylation is 2. The molecule has 0 spiro atoms. The Morgan fingerprint density at radius 3 is 2.33 bits per heavy atom. The minimum atomic E-state index is -0.866. The Kier molecular flexibility index (Phi) is 5.01. The Balaban J connectivity index is 2.60. The summed E-state index contributed by atoms with van der Waals surface area (Å²) in [4.78, 5) is 24.4. The van der Waals surface area contributed by atoms with Crippen molar-refractivity contribution in [2.45, 2.75) is 33.1 Å². The number of pyridine rings is 1. The SMILES string of the molecule is CCc1nc(-c2ncccc2Br)nc(CC)c1CC(=O)O. The van der Waals surface area contributed by atoms with Gasteiger partial charge in [0.05, 0.1) is 6.42 Å². The molecule has 0 saturated heterocycles. The van der Waals surface area contributed by atoms with E-state index in [-0.39, 0.29) is 6.42 Å². The fraction of sp³-hybridized carbons (Fsp3) is 0.333. The van der Waals surface area contributed by atoms with Crippen molar-refractivity contribution >= 4 is 21.9 Å². The average Bonchev–Trinajstić information content (AvgIpc) is 2.47. The summed E-state index contributed by atoms with van der Waals surface area (Å²) < 4.78 is 0.820. The number of hydrogen-bond donors (Lipinski definition) is 1. The van der Waals surface area contributed by atoms with Gasteiger partial charge >= 0.3 is 5.97 Å². The molecule has 0 fully saturated rings. The van der Waals surface area contributed by atoms with Gasteiger partial charge in [-0.15, -0.1) is 0 Å². The number of hydrogen-bond acceptors (Lipinski definition) is 4. The third-order valence-electron chi connectivity index (χ3n) is 3.15. The van der Waals surface area contributed by atoms with Gasteiger partial charge in [-0.25, -0.2) is 9.97 Å². The van der Waals surface area contributed by atoms with Crippen LogP contribution in [-0.4, -0.2) is 26.0 Å². The van der Waals surface area contributed by atoms with E-state index in [1.54, 1.807) is 6.20 Å². The fourth-order valence-corrected chi connectivity index (χ4v) is 2.61. The molecule has 0 aliphatic carbocycles. The molecule has 110 valence electrons. The minimum Gasteiger partial charge on any atom is -0.481 e. The number of aromatic nitrogens is 3. The lowest BCUT2D eigenvalue weighted by molar-refractivity contribution is -0.136. The number of aliphatic carboxylic acids is 1. The summed E-state index contributed by atoms with van der Waals surface area (Å²) in [7, 11) is 0. The largest absolute Gasteiger partial charge is 0.481 e. The molecule has 2 rings (SSSR count). The molecule has 2 heterocycles. The zero-order valence-electron chi connectivity index (χ0n) is 11.9. The molecule has 0 atom stereocenters. The number of carboxylic acids is 1. The van der Waals surface area contributed by atoms with Crippen LogP contribution in [0, 0.1) is 0 Å². The van der Waals surface area contributed by atoms with Gasteiger partial charge in [-0.2, -0.15) is 0 Å². The zero-order chi connectivity index (χ0) is 15.4. The summed E-state index contributed by atoms with van der Waals surface area (Å²) in [6, 6.07) is 3.71. The third kappa shape index (κ3) is 3.44. The van der Waals surface area contributed by atoms with Crippen molar-refractivity contribution in [3.63, 3.8) is 0 Å². The summed E-state index contributed by atoms with van der Waals surface area (Å²) >= 11 is 3.45. The maximum absolute atomic E-state index is 11.0. The maximum Gasteiger partial charge on any atom is 0.307 e. The molecule has 6 heteroatoms. The molecule has 2 aromatic heterocycles. The molecule has 0 aliphatic rings. The van der Waals surface area contributed by atoms with Gasteiger partial charge in [0.25, 0.3) is 0 Å².